The Labute approximate surface area is 133 Å². The van der Waals surface area contributed by atoms with E-state index in [-0.39, 0.29) is 24.8 Å². The second-order valence-corrected chi connectivity index (χ2v) is 9.72. The number of halogens is 2. The Morgan fingerprint density at radius 1 is 0.944 bits per heavy atom. The summed E-state index contributed by atoms with van der Waals surface area (Å²) in [4.78, 5) is 0. The summed E-state index contributed by atoms with van der Waals surface area (Å²) in [7, 11) is 0. The summed E-state index contributed by atoms with van der Waals surface area (Å²) in [5.41, 5.74) is 0. The van der Waals surface area contributed by atoms with Crippen molar-refractivity contribution in [1.82, 2.24) is 0 Å². The van der Waals surface area contributed by atoms with Crippen LogP contribution in [-0.4, -0.2) is 6.61 Å². The predicted molar refractivity (Wildman–Crippen MR) is 83.3 cm³/mol. The van der Waals surface area contributed by atoms with Crippen LogP contribution in [0.4, 0.5) is 0 Å². The van der Waals surface area contributed by atoms with Gasteiger partial charge in [-0.05, 0) is 0 Å². The summed E-state index contributed by atoms with van der Waals surface area (Å²) < 4.78 is 8.81. The van der Waals surface area contributed by atoms with Gasteiger partial charge in [0.2, 0.25) is 0 Å². The van der Waals surface area contributed by atoms with Crippen molar-refractivity contribution >= 4 is 24.8 Å². The molecule has 0 saturated carbocycles. The van der Waals surface area contributed by atoms with E-state index in [4.69, 9.17) is 2.81 Å². The summed E-state index contributed by atoms with van der Waals surface area (Å²) in [6.45, 7) is 11.4. The first-order valence-electron chi connectivity index (χ1n) is 5.77. The Bertz CT molecular complexity index is 279. The minimum Gasteiger partial charge on any atom is -0.147 e. The van der Waals surface area contributed by atoms with Crippen molar-refractivity contribution in [2.45, 2.75) is 34.6 Å². The zero-order valence-corrected chi connectivity index (χ0v) is 16.0. The Hall–Kier alpha value is 0.383. The molecule has 0 atom stereocenters. The average Bonchev–Trinajstić information content (AvgIpc) is 2.29. The quantitative estimate of drug-likeness (QED) is 0.571. The molecule has 0 bridgehead atoms. The second kappa shape index (κ2) is 15.4. The van der Waals surface area contributed by atoms with Gasteiger partial charge in [0.1, 0.15) is 0 Å². The molecule has 0 aliphatic heterocycles. The van der Waals surface area contributed by atoms with Gasteiger partial charge in [0, 0.05) is 0 Å². The van der Waals surface area contributed by atoms with Crippen molar-refractivity contribution in [2.24, 2.45) is 0 Å². The Morgan fingerprint density at radius 3 is 1.61 bits per heavy atom. The molecule has 0 radical (unpaired) electrons. The van der Waals surface area contributed by atoms with Crippen LogP contribution >= 0.6 is 24.8 Å². The molecule has 105 valence electrons. The summed E-state index contributed by atoms with van der Waals surface area (Å²) in [5.74, 6) is 0. The van der Waals surface area contributed by atoms with Crippen LogP contribution in [0.3, 0.4) is 0 Å². The third-order valence-electron chi connectivity index (χ3n) is 2.08. The summed E-state index contributed by atoms with van der Waals surface area (Å²) in [6, 6.07) is 0. The molecule has 0 rings (SSSR count). The van der Waals surface area contributed by atoms with Gasteiger partial charge < -0.3 is 0 Å². The topological polar surface area (TPSA) is 9.23 Å². The zero-order valence-electron chi connectivity index (χ0n) is 11.9. The molecule has 0 aliphatic carbocycles. The predicted octanol–water partition coefficient (Wildman–Crippen LogP) is 5.36. The maximum Gasteiger partial charge on any atom is -0.147 e. The molecule has 0 amide bonds. The van der Waals surface area contributed by atoms with Crippen LogP contribution < -0.4 is 0 Å². The zero-order chi connectivity index (χ0) is 12.4. The molecular formula is C14H25Cl2OZr. The first-order chi connectivity index (χ1) is 7.67. The number of allylic oxidation sites excluding steroid dienone is 8. The molecular weight excluding hydrogens is 346 g/mol. The van der Waals surface area contributed by atoms with Crippen LogP contribution in [-0.2, 0) is 25.0 Å². The maximum absolute atomic E-state index is 5.95. The van der Waals surface area contributed by atoms with E-state index in [2.05, 4.69) is 57.2 Å². The Morgan fingerprint density at radius 2 is 1.33 bits per heavy atom. The summed E-state index contributed by atoms with van der Waals surface area (Å²) >= 11 is -1.97. The molecule has 0 heterocycles. The van der Waals surface area contributed by atoms with Crippen LogP contribution in [0.25, 0.3) is 0 Å². The van der Waals surface area contributed by atoms with E-state index in [1.54, 1.807) is 0 Å². The van der Waals surface area contributed by atoms with E-state index in [9.17, 15) is 0 Å². The van der Waals surface area contributed by atoms with Crippen molar-refractivity contribution in [3.63, 3.8) is 0 Å². The molecule has 0 aromatic carbocycles. The smallest absolute Gasteiger partial charge is 0.147 e. The first kappa shape index (κ1) is 23.5. The van der Waals surface area contributed by atoms with Gasteiger partial charge in [0.15, 0.2) is 0 Å². The van der Waals surface area contributed by atoms with Crippen LogP contribution in [0, 0.1) is 0 Å². The summed E-state index contributed by atoms with van der Waals surface area (Å²) in [6.07, 6.45) is 12.7. The van der Waals surface area contributed by atoms with E-state index in [1.165, 1.54) is 6.56 Å². The molecule has 0 aromatic heterocycles. The minimum absolute atomic E-state index is 0. The van der Waals surface area contributed by atoms with Gasteiger partial charge in [0.25, 0.3) is 0 Å². The van der Waals surface area contributed by atoms with Crippen LogP contribution in [0.1, 0.15) is 34.6 Å². The molecule has 0 saturated heterocycles. The van der Waals surface area contributed by atoms with Crippen molar-refractivity contribution < 1.29 is 25.0 Å². The number of hydrogen-bond donors (Lipinski definition) is 0. The molecule has 0 fully saturated rings. The fourth-order valence-electron chi connectivity index (χ4n) is 1.32. The normalized spacial score (nSPS) is 12.5. The molecule has 18 heavy (non-hydrogen) atoms. The molecule has 0 aliphatic rings. The first-order valence-corrected chi connectivity index (χ1v) is 9.23. The fourth-order valence-corrected chi connectivity index (χ4v) is 5.89. The molecule has 0 spiro atoms. The number of rotatable bonds is 6. The average molecular weight is 371 g/mol. The van der Waals surface area contributed by atoms with E-state index in [1.807, 2.05) is 13.8 Å². The summed E-state index contributed by atoms with van der Waals surface area (Å²) in [5, 5.41) is 0. The van der Waals surface area contributed by atoms with Crippen LogP contribution in [0.5, 0.6) is 0 Å². The fraction of sp³-hybridized carbons (Fsp3) is 0.429. The standard InChI is InChI=1S/2C6H9.C2H5O.2ClH.Zr/c2*1-3-5-6-4-2;1-2-3;;;/h2*3,5-6H,1-2H3;2H2,1H3;2*1H;/q;;-1;;;+1. The van der Waals surface area contributed by atoms with E-state index < -0.39 is 22.2 Å². The molecule has 0 N–H and O–H groups in total. The van der Waals surface area contributed by atoms with Gasteiger partial charge in [-0.25, -0.2) is 0 Å². The second-order valence-electron chi connectivity index (χ2n) is 3.51. The Kier molecular flexibility index (Phi) is 20.1. The SMILES string of the molecule is CC=CC=[C](C)[Zr]([O]CC)[C](C)=CC=CC.Cl.Cl. The molecule has 0 unspecified atom stereocenters. The Balaban J connectivity index is -0.00000112. The van der Waals surface area contributed by atoms with E-state index in [0.29, 0.717) is 0 Å². The van der Waals surface area contributed by atoms with Crippen molar-refractivity contribution in [2.75, 3.05) is 6.61 Å². The van der Waals surface area contributed by atoms with Crippen molar-refractivity contribution in [1.29, 1.82) is 0 Å². The van der Waals surface area contributed by atoms with Gasteiger partial charge in [-0.15, -0.1) is 24.8 Å². The van der Waals surface area contributed by atoms with Crippen LogP contribution in [0.2, 0.25) is 0 Å². The van der Waals surface area contributed by atoms with Gasteiger partial charge >= 0.3 is 109 Å². The van der Waals surface area contributed by atoms with Gasteiger partial charge in [-0.2, -0.15) is 0 Å². The van der Waals surface area contributed by atoms with Gasteiger partial charge in [-0.1, -0.05) is 0 Å². The molecule has 0 aromatic rings. The molecule has 4 heteroatoms. The van der Waals surface area contributed by atoms with E-state index in [0.717, 1.165) is 6.61 Å². The third-order valence-corrected chi connectivity index (χ3v) is 7.84. The van der Waals surface area contributed by atoms with Crippen molar-refractivity contribution in [3.05, 3.63) is 43.0 Å². The molecule has 1 nitrogen and oxygen atoms in total. The van der Waals surface area contributed by atoms with Crippen molar-refractivity contribution in [3.8, 4) is 0 Å². The van der Waals surface area contributed by atoms with Crippen LogP contribution in [0.15, 0.2) is 43.0 Å². The maximum atomic E-state index is 5.95. The van der Waals surface area contributed by atoms with E-state index >= 15 is 0 Å². The van der Waals surface area contributed by atoms with Gasteiger partial charge in [0.05, 0.1) is 0 Å². The van der Waals surface area contributed by atoms with Gasteiger partial charge in [-0.3, -0.25) is 0 Å². The number of hydrogen-bond acceptors (Lipinski definition) is 1. The third kappa shape index (κ3) is 10.3. The largest absolute Gasteiger partial charge is 0.147 e. The minimum atomic E-state index is -1.97. The monoisotopic (exact) mass is 369 g/mol.